The van der Waals surface area contributed by atoms with Gasteiger partial charge in [-0.05, 0) is 19.4 Å². The van der Waals surface area contributed by atoms with Gasteiger partial charge in [-0.3, -0.25) is 0 Å². The minimum atomic E-state index is -5.56. The van der Waals surface area contributed by atoms with Crippen LogP contribution in [0.3, 0.4) is 0 Å². The number of benzene rings is 1. The van der Waals surface area contributed by atoms with Gasteiger partial charge in [0.25, 0.3) is 0 Å². The van der Waals surface area contributed by atoms with E-state index < -0.39 is 29.9 Å². The van der Waals surface area contributed by atoms with Crippen LogP contribution in [0.25, 0.3) is 0 Å². The molecule has 1 aromatic rings. The van der Waals surface area contributed by atoms with Crippen molar-refractivity contribution in [1.29, 1.82) is 0 Å². The fourth-order valence-corrected chi connectivity index (χ4v) is 1.92. The van der Waals surface area contributed by atoms with Crippen molar-refractivity contribution in [1.82, 2.24) is 0 Å². The molecule has 1 unspecified atom stereocenters. The molecule has 1 N–H and O–H groups in total. The van der Waals surface area contributed by atoms with Crippen molar-refractivity contribution in [2.75, 3.05) is 0 Å². The lowest BCUT2D eigenvalue weighted by molar-refractivity contribution is -0.307. The molecule has 108 valence electrons. The molecule has 1 aromatic carbocycles. The van der Waals surface area contributed by atoms with E-state index in [0.29, 0.717) is 11.1 Å². The van der Waals surface area contributed by atoms with E-state index in [2.05, 4.69) is 0 Å². The standard InChI is InChI=1S/C12H12F6O/c1-6-3-7(2)5-8(4-6)9(19)10(11(13,14)15)12(16,17)18/h3-5,9-10,19H,1-2H3. The van der Waals surface area contributed by atoms with Gasteiger partial charge >= 0.3 is 12.4 Å². The van der Waals surface area contributed by atoms with Crippen LogP contribution < -0.4 is 0 Å². The maximum atomic E-state index is 12.5. The Morgan fingerprint density at radius 1 is 0.842 bits per heavy atom. The molecule has 0 amide bonds. The first-order valence-electron chi connectivity index (χ1n) is 5.32. The fourth-order valence-electron chi connectivity index (χ4n) is 1.92. The van der Waals surface area contributed by atoms with Gasteiger partial charge in [-0.1, -0.05) is 29.3 Å². The third kappa shape index (κ3) is 3.86. The van der Waals surface area contributed by atoms with Gasteiger partial charge in [0, 0.05) is 0 Å². The van der Waals surface area contributed by atoms with Crippen LogP contribution in [-0.4, -0.2) is 17.5 Å². The highest BCUT2D eigenvalue weighted by molar-refractivity contribution is 5.30. The number of halogens is 6. The average molecular weight is 286 g/mol. The molecule has 0 bridgehead atoms. The van der Waals surface area contributed by atoms with Gasteiger partial charge in [-0.25, -0.2) is 0 Å². The van der Waals surface area contributed by atoms with Crippen molar-refractivity contribution in [2.24, 2.45) is 5.92 Å². The number of alkyl halides is 6. The summed E-state index contributed by atoms with van der Waals surface area (Å²) in [5, 5.41) is 9.46. The summed E-state index contributed by atoms with van der Waals surface area (Å²) in [5.41, 5.74) is 0.575. The molecule has 0 saturated heterocycles. The summed E-state index contributed by atoms with van der Waals surface area (Å²) >= 11 is 0. The number of rotatable bonds is 2. The van der Waals surface area contributed by atoms with Crippen LogP contribution in [0.2, 0.25) is 0 Å². The predicted octanol–water partition coefficient (Wildman–Crippen LogP) is 4.08. The van der Waals surface area contributed by atoms with Gasteiger partial charge < -0.3 is 5.11 Å². The Hall–Kier alpha value is -1.24. The maximum absolute atomic E-state index is 12.5. The number of aryl methyl sites for hydroxylation is 2. The maximum Gasteiger partial charge on any atom is 0.403 e. The highest BCUT2D eigenvalue weighted by Gasteiger charge is 2.60. The minimum Gasteiger partial charge on any atom is -0.387 e. The second-order valence-corrected chi connectivity index (χ2v) is 4.43. The summed E-state index contributed by atoms with van der Waals surface area (Å²) in [6.45, 7) is 3.05. The Kier molecular flexibility index (Phi) is 4.19. The molecule has 0 fully saturated rings. The lowest BCUT2D eigenvalue weighted by Gasteiger charge is -2.27. The molecular weight excluding hydrogens is 274 g/mol. The van der Waals surface area contributed by atoms with Crippen molar-refractivity contribution >= 4 is 0 Å². The Morgan fingerprint density at radius 2 is 1.21 bits per heavy atom. The average Bonchev–Trinajstić information content (AvgIpc) is 2.10. The molecule has 0 saturated carbocycles. The fraction of sp³-hybridized carbons (Fsp3) is 0.500. The van der Waals surface area contributed by atoms with E-state index in [1.54, 1.807) is 6.07 Å². The second kappa shape index (κ2) is 5.03. The third-order valence-electron chi connectivity index (χ3n) is 2.61. The molecule has 0 aromatic heterocycles. The molecular formula is C12H12F6O. The molecule has 19 heavy (non-hydrogen) atoms. The Labute approximate surface area is 105 Å². The van der Waals surface area contributed by atoms with Crippen LogP contribution in [0, 0.1) is 19.8 Å². The second-order valence-electron chi connectivity index (χ2n) is 4.43. The van der Waals surface area contributed by atoms with Gasteiger partial charge in [0.15, 0.2) is 5.92 Å². The van der Waals surface area contributed by atoms with E-state index in [1.807, 2.05) is 0 Å². The predicted molar refractivity (Wildman–Crippen MR) is 56.5 cm³/mol. The van der Waals surface area contributed by atoms with Gasteiger partial charge in [-0.2, -0.15) is 26.3 Å². The van der Waals surface area contributed by atoms with Crippen molar-refractivity contribution in [2.45, 2.75) is 32.3 Å². The summed E-state index contributed by atoms with van der Waals surface area (Å²) in [4.78, 5) is 0. The lowest BCUT2D eigenvalue weighted by Crippen LogP contribution is -2.40. The quantitative estimate of drug-likeness (QED) is 0.812. The highest BCUT2D eigenvalue weighted by Crippen LogP contribution is 2.46. The first-order valence-corrected chi connectivity index (χ1v) is 5.32. The summed E-state index contributed by atoms with van der Waals surface area (Å²) in [5.74, 6) is -3.79. The zero-order valence-corrected chi connectivity index (χ0v) is 10.1. The molecule has 1 nitrogen and oxygen atoms in total. The first-order chi connectivity index (χ1) is 8.43. The van der Waals surface area contributed by atoms with Gasteiger partial charge in [0.2, 0.25) is 0 Å². The van der Waals surface area contributed by atoms with E-state index in [1.165, 1.54) is 13.8 Å². The summed E-state index contributed by atoms with van der Waals surface area (Å²) in [7, 11) is 0. The topological polar surface area (TPSA) is 20.2 Å². The minimum absolute atomic E-state index is 0.392. The lowest BCUT2D eigenvalue weighted by atomic mass is 9.92. The molecule has 0 aliphatic carbocycles. The van der Waals surface area contributed by atoms with E-state index >= 15 is 0 Å². The van der Waals surface area contributed by atoms with Crippen LogP contribution in [-0.2, 0) is 0 Å². The molecule has 0 aliphatic heterocycles. The molecule has 0 heterocycles. The van der Waals surface area contributed by atoms with Gasteiger partial charge in [0.1, 0.15) is 0 Å². The molecule has 1 atom stereocenters. The van der Waals surface area contributed by atoms with Gasteiger partial charge in [-0.15, -0.1) is 0 Å². The number of aliphatic hydroxyl groups excluding tert-OH is 1. The van der Waals surface area contributed by atoms with E-state index in [0.717, 1.165) is 12.1 Å². The van der Waals surface area contributed by atoms with Crippen molar-refractivity contribution < 1.29 is 31.4 Å². The van der Waals surface area contributed by atoms with Crippen LogP contribution in [0.15, 0.2) is 18.2 Å². The summed E-state index contributed by atoms with van der Waals surface area (Å²) in [6.07, 6.45) is -13.8. The van der Waals surface area contributed by atoms with Crippen LogP contribution in [0.1, 0.15) is 22.8 Å². The largest absolute Gasteiger partial charge is 0.403 e. The Bertz CT molecular complexity index is 414. The third-order valence-corrected chi connectivity index (χ3v) is 2.61. The molecule has 0 radical (unpaired) electrons. The van der Waals surface area contributed by atoms with Crippen LogP contribution in [0.4, 0.5) is 26.3 Å². The van der Waals surface area contributed by atoms with Crippen molar-refractivity contribution in [3.05, 3.63) is 34.9 Å². The summed E-state index contributed by atoms with van der Waals surface area (Å²) in [6, 6.07) is 3.82. The van der Waals surface area contributed by atoms with Gasteiger partial charge in [0.05, 0.1) is 6.10 Å². The molecule has 7 heteroatoms. The van der Waals surface area contributed by atoms with E-state index in [9.17, 15) is 31.4 Å². The number of hydrogen-bond donors (Lipinski definition) is 1. The highest BCUT2D eigenvalue weighted by atomic mass is 19.4. The molecule has 0 spiro atoms. The number of aliphatic hydroxyl groups is 1. The van der Waals surface area contributed by atoms with E-state index in [-0.39, 0.29) is 0 Å². The SMILES string of the molecule is Cc1cc(C)cc(C(O)C(C(F)(F)F)C(F)(F)F)c1. The summed E-state index contributed by atoms with van der Waals surface area (Å²) < 4.78 is 74.8. The zero-order chi connectivity index (χ0) is 15.0. The molecule has 1 rings (SSSR count). The zero-order valence-electron chi connectivity index (χ0n) is 10.1. The smallest absolute Gasteiger partial charge is 0.387 e. The number of hydrogen-bond acceptors (Lipinski definition) is 1. The first kappa shape index (κ1) is 15.8. The Morgan fingerprint density at radius 3 is 1.53 bits per heavy atom. The van der Waals surface area contributed by atoms with Crippen molar-refractivity contribution in [3.63, 3.8) is 0 Å². The normalized spacial score (nSPS) is 14.8. The van der Waals surface area contributed by atoms with Crippen molar-refractivity contribution in [3.8, 4) is 0 Å². The van der Waals surface area contributed by atoms with Crippen LogP contribution >= 0.6 is 0 Å². The molecule has 0 aliphatic rings. The van der Waals surface area contributed by atoms with E-state index in [4.69, 9.17) is 0 Å². The van der Waals surface area contributed by atoms with Crippen LogP contribution in [0.5, 0.6) is 0 Å². The monoisotopic (exact) mass is 286 g/mol. The Balaban J connectivity index is 3.24.